The molecule has 2 N–H and O–H groups in total. The highest BCUT2D eigenvalue weighted by atomic mass is 35.5. The van der Waals surface area contributed by atoms with Crippen LogP contribution in [-0.4, -0.2) is 25.8 Å². The second kappa shape index (κ2) is 8.25. The predicted octanol–water partition coefficient (Wildman–Crippen LogP) is 3.39. The molecule has 1 unspecified atom stereocenters. The van der Waals surface area contributed by atoms with E-state index >= 15 is 0 Å². The van der Waals surface area contributed by atoms with Gasteiger partial charge >= 0.3 is 6.03 Å². The van der Waals surface area contributed by atoms with Crippen LogP contribution >= 0.6 is 23.2 Å². The number of hydrogen-bond donors (Lipinski definition) is 2. The smallest absolute Gasteiger partial charge is 0.315 e. The van der Waals surface area contributed by atoms with E-state index in [1.54, 1.807) is 18.2 Å². The molecule has 19 heavy (non-hydrogen) atoms. The minimum Gasteiger partial charge on any atom is -0.380 e. The SMILES string of the molecule is CCOCCNC(=O)NC(C)c1ccc(Cl)cc1Cl. The Hall–Kier alpha value is -0.970. The van der Waals surface area contributed by atoms with Crippen molar-refractivity contribution >= 4 is 29.2 Å². The van der Waals surface area contributed by atoms with Crippen LogP contribution in [0.25, 0.3) is 0 Å². The zero-order valence-corrected chi connectivity index (χ0v) is 12.5. The maximum atomic E-state index is 11.6. The van der Waals surface area contributed by atoms with Crippen molar-refractivity contribution in [1.29, 1.82) is 0 Å². The van der Waals surface area contributed by atoms with Crippen molar-refractivity contribution in [3.8, 4) is 0 Å². The first kappa shape index (κ1) is 16.1. The summed E-state index contributed by atoms with van der Waals surface area (Å²) in [5.41, 5.74) is 0.825. The lowest BCUT2D eigenvalue weighted by Gasteiger charge is -2.16. The van der Waals surface area contributed by atoms with Gasteiger partial charge in [0.1, 0.15) is 0 Å². The molecule has 0 radical (unpaired) electrons. The molecule has 0 aliphatic carbocycles. The number of amides is 2. The second-order valence-corrected chi connectivity index (χ2v) is 4.83. The summed E-state index contributed by atoms with van der Waals surface area (Å²) in [7, 11) is 0. The zero-order valence-electron chi connectivity index (χ0n) is 11.0. The third kappa shape index (κ3) is 5.68. The van der Waals surface area contributed by atoms with Crippen LogP contribution in [0.1, 0.15) is 25.5 Å². The van der Waals surface area contributed by atoms with Crippen molar-refractivity contribution in [2.75, 3.05) is 19.8 Å². The number of nitrogens with one attached hydrogen (secondary N) is 2. The summed E-state index contributed by atoms with van der Waals surface area (Å²) >= 11 is 11.9. The second-order valence-electron chi connectivity index (χ2n) is 3.98. The molecule has 0 aliphatic heterocycles. The zero-order chi connectivity index (χ0) is 14.3. The summed E-state index contributed by atoms with van der Waals surface area (Å²) in [5.74, 6) is 0. The Kier molecular flexibility index (Phi) is 6.99. The molecular formula is C13H18Cl2N2O2. The minimum atomic E-state index is -0.252. The lowest BCUT2D eigenvalue weighted by atomic mass is 10.1. The van der Waals surface area contributed by atoms with Gasteiger partial charge in [-0.15, -0.1) is 0 Å². The van der Waals surface area contributed by atoms with Gasteiger partial charge in [-0.25, -0.2) is 4.79 Å². The van der Waals surface area contributed by atoms with Gasteiger partial charge in [0.05, 0.1) is 12.6 Å². The van der Waals surface area contributed by atoms with Gasteiger partial charge in [0.15, 0.2) is 0 Å². The molecule has 0 spiro atoms. The van der Waals surface area contributed by atoms with E-state index in [4.69, 9.17) is 27.9 Å². The van der Waals surface area contributed by atoms with Crippen LogP contribution in [-0.2, 0) is 4.74 Å². The fourth-order valence-corrected chi connectivity index (χ4v) is 2.13. The highest BCUT2D eigenvalue weighted by Gasteiger charge is 2.12. The van der Waals surface area contributed by atoms with Gasteiger partial charge in [0.2, 0.25) is 0 Å². The fraction of sp³-hybridized carbons (Fsp3) is 0.462. The molecule has 0 aromatic heterocycles. The van der Waals surface area contributed by atoms with Crippen LogP contribution < -0.4 is 10.6 Å². The molecule has 1 rings (SSSR count). The molecule has 0 bridgehead atoms. The Morgan fingerprint density at radius 2 is 2.16 bits per heavy atom. The van der Waals surface area contributed by atoms with Gasteiger partial charge in [0, 0.05) is 23.2 Å². The normalized spacial score (nSPS) is 12.0. The van der Waals surface area contributed by atoms with E-state index in [-0.39, 0.29) is 12.1 Å². The number of rotatable bonds is 6. The number of halogens is 2. The molecule has 2 amide bonds. The van der Waals surface area contributed by atoms with Gasteiger partial charge in [-0.3, -0.25) is 0 Å². The number of carbonyl (C=O) groups is 1. The molecule has 0 saturated heterocycles. The van der Waals surface area contributed by atoms with Crippen molar-refractivity contribution in [1.82, 2.24) is 10.6 Å². The van der Waals surface area contributed by atoms with E-state index in [0.29, 0.717) is 29.8 Å². The Morgan fingerprint density at radius 3 is 2.79 bits per heavy atom. The topological polar surface area (TPSA) is 50.4 Å². The first-order valence-corrected chi connectivity index (χ1v) is 6.87. The quantitative estimate of drug-likeness (QED) is 0.792. The maximum absolute atomic E-state index is 11.6. The Bertz CT molecular complexity index is 427. The summed E-state index contributed by atoms with van der Waals surface area (Å²) in [6.07, 6.45) is 0. The van der Waals surface area contributed by atoms with Crippen LogP contribution in [0, 0.1) is 0 Å². The molecule has 106 valence electrons. The number of ether oxygens (including phenoxy) is 1. The summed E-state index contributed by atoms with van der Waals surface area (Å²) in [5, 5.41) is 6.61. The average molecular weight is 305 g/mol. The fourth-order valence-electron chi connectivity index (χ4n) is 1.56. The Labute approximate surface area is 123 Å². The highest BCUT2D eigenvalue weighted by Crippen LogP contribution is 2.25. The molecule has 0 fully saturated rings. The van der Waals surface area contributed by atoms with Gasteiger partial charge in [-0.05, 0) is 31.5 Å². The van der Waals surface area contributed by atoms with Gasteiger partial charge in [-0.2, -0.15) is 0 Å². The molecule has 0 aliphatic rings. The number of hydrogen-bond acceptors (Lipinski definition) is 2. The van der Waals surface area contributed by atoms with Gasteiger partial charge in [0.25, 0.3) is 0 Å². The van der Waals surface area contributed by atoms with Crippen molar-refractivity contribution in [2.45, 2.75) is 19.9 Å². The molecule has 4 nitrogen and oxygen atoms in total. The molecule has 6 heteroatoms. The van der Waals surface area contributed by atoms with E-state index in [2.05, 4.69) is 10.6 Å². The predicted molar refractivity (Wildman–Crippen MR) is 77.9 cm³/mol. The van der Waals surface area contributed by atoms with Crippen LogP contribution in [0.3, 0.4) is 0 Å². The number of benzene rings is 1. The monoisotopic (exact) mass is 304 g/mol. The molecule has 1 atom stereocenters. The summed E-state index contributed by atoms with van der Waals surface area (Å²) in [6, 6.07) is 4.75. The number of urea groups is 1. The Morgan fingerprint density at radius 1 is 1.42 bits per heavy atom. The van der Waals surface area contributed by atoms with E-state index in [1.807, 2.05) is 13.8 Å². The standard InChI is InChI=1S/C13H18Cl2N2O2/c1-3-19-7-6-16-13(18)17-9(2)11-5-4-10(14)8-12(11)15/h4-5,8-9H,3,6-7H2,1-2H3,(H2,16,17,18). The molecule has 0 saturated carbocycles. The van der Waals surface area contributed by atoms with Crippen LogP contribution in [0.2, 0.25) is 10.0 Å². The van der Waals surface area contributed by atoms with Crippen molar-refractivity contribution < 1.29 is 9.53 Å². The van der Waals surface area contributed by atoms with E-state index in [0.717, 1.165) is 5.56 Å². The first-order valence-electron chi connectivity index (χ1n) is 6.11. The van der Waals surface area contributed by atoms with Crippen LogP contribution in [0.15, 0.2) is 18.2 Å². The Balaban J connectivity index is 2.45. The summed E-state index contributed by atoms with van der Waals surface area (Å²) in [6.45, 7) is 5.38. The van der Waals surface area contributed by atoms with E-state index < -0.39 is 0 Å². The van der Waals surface area contributed by atoms with Crippen molar-refractivity contribution in [2.24, 2.45) is 0 Å². The van der Waals surface area contributed by atoms with Gasteiger partial charge in [-0.1, -0.05) is 29.3 Å². The molecule has 1 aromatic carbocycles. The van der Waals surface area contributed by atoms with Crippen LogP contribution in [0.4, 0.5) is 4.79 Å². The first-order chi connectivity index (χ1) is 9.04. The summed E-state index contributed by atoms with van der Waals surface area (Å²) in [4.78, 5) is 11.6. The maximum Gasteiger partial charge on any atom is 0.315 e. The highest BCUT2D eigenvalue weighted by molar-refractivity contribution is 6.35. The van der Waals surface area contributed by atoms with Gasteiger partial charge < -0.3 is 15.4 Å². The van der Waals surface area contributed by atoms with E-state index in [1.165, 1.54) is 0 Å². The molecule has 0 heterocycles. The molecular weight excluding hydrogens is 287 g/mol. The lowest BCUT2D eigenvalue weighted by molar-refractivity contribution is 0.149. The van der Waals surface area contributed by atoms with Crippen molar-refractivity contribution in [3.05, 3.63) is 33.8 Å². The third-order valence-electron chi connectivity index (χ3n) is 2.51. The largest absolute Gasteiger partial charge is 0.380 e. The summed E-state index contributed by atoms with van der Waals surface area (Å²) < 4.78 is 5.13. The molecule has 1 aromatic rings. The number of carbonyl (C=O) groups excluding carboxylic acids is 1. The lowest BCUT2D eigenvalue weighted by Crippen LogP contribution is -2.38. The third-order valence-corrected chi connectivity index (χ3v) is 3.08. The van der Waals surface area contributed by atoms with E-state index in [9.17, 15) is 4.79 Å². The minimum absolute atomic E-state index is 0.197. The average Bonchev–Trinajstić information content (AvgIpc) is 2.34. The van der Waals surface area contributed by atoms with Crippen LogP contribution in [0.5, 0.6) is 0 Å². The van der Waals surface area contributed by atoms with Crippen molar-refractivity contribution in [3.63, 3.8) is 0 Å².